The van der Waals surface area contributed by atoms with Crippen molar-refractivity contribution in [3.05, 3.63) is 59.9 Å². The first-order chi connectivity index (χ1) is 12.6. The average molecular weight is 353 g/mol. The lowest BCUT2D eigenvalue weighted by atomic mass is 10.0. The molecule has 0 aliphatic carbocycles. The average Bonchev–Trinajstić information content (AvgIpc) is 2.69. The zero-order valence-corrected chi connectivity index (χ0v) is 15.5. The summed E-state index contributed by atoms with van der Waals surface area (Å²) in [5.41, 5.74) is 2.35. The van der Waals surface area contributed by atoms with Crippen LogP contribution in [0.15, 0.2) is 48.8 Å². The molecule has 0 spiro atoms. The molecule has 1 amide bonds. The third-order valence-corrected chi connectivity index (χ3v) is 4.76. The number of carbonyl (C=O) groups is 1. The van der Waals surface area contributed by atoms with E-state index in [9.17, 15) is 4.79 Å². The fraction of sp³-hybridized carbons (Fsp3) is 0.429. The third kappa shape index (κ3) is 4.61. The van der Waals surface area contributed by atoms with Gasteiger partial charge in [0.25, 0.3) is 0 Å². The van der Waals surface area contributed by atoms with Gasteiger partial charge in [-0.05, 0) is 35.2 Å². The molecule has 2 aromatic rings. The molecule has 1 unspecified atom stereocenters. The van der Waals surface area contributed by atoms with E-state index in [1.54, 1.807) is 6.20 Å². The fourth-order valence-corrected chi connectivity index (χ4v) is 3.22. The number of aromatic nitrogens is 1. The van der Waals surface area contributed by atoms with E-state index in [4.69, 9.17) is 4.74 Å². The van der Waals surface area contributed by atoms with Crippen LogP contribution in [0.5, 0.6) is 5.75 Å². The Morgan fingerprint density at radius 1 is 1.31 bits per heavy atom. The van der Waals surface area contributed by atoms with Crippen LogP contribution in [0.3, 0.4) is 0 Å². The molecule has 0 bridgehead atoms. The van der Waals surface area contributed by atoms with Gasteiger partial charge in [0.05, 0.1) is 19.1 Å². The zero-order valence-electron chi connectivity index (χ0n) is 15.5. The number of nitrogens with zero attached hydrogens (tertiary/aromatic N) is 2. The first-order valence-corrected chi connectivity index (χ1v) is 9.28. The summed E-state index contributed by atoms with van der Waals surface area (Å²) in [5.74, 6) is 1.44. The van der Waals surface area contributed by atoms with E-state index >= 15 is 0 Å². The highest BCUT2D eigenvalue weighted by Crippen LogP contribution is 2.23. The van der Waals surface area contributed by atoms with Crippen LogP contribution in [0.4, 0.5) is 0 Å². The highest BCUT2D eigenvalue weighted by atomic mass is 16.5. The second-order valence-corrected chi connectivity index (χ2v) is 6.92. The van der Waals surface area contributed by atoms with Crippen LogP contribution in [-0.4, -0.2) is 42.0 Å². The minimum atomic E-state index is 0.0373. The van der Waals surface area contributed by atoms with Crippen LogP contribution < -0.4 is 10.1 Å². The van der Waals surface area contributed by atoms with Gasteiger partial charge in [-0.1, -0.05) is 32.0 Å². The number of ether oxygens (including phenoxy) is 1. The number of carbonyl (C=O) groups excluding carboxylic acids is 1. The summed E-state index contributed by atoms with van der Waals surface area (Å²) in [5, 5.41) is 3.36. The van der Waals surface area contributed by atoms with Crippen molar-refractivity contribution in [2.45, 2.75) is 32.2 Å². The van der Waals surface area contributed by atoms with Gasteiger partial charge in [0, 0.05) is 32.0 Å². The number of benzene rings is 1. The Bertz CT molecular complexity index is 701. The van der Waals surface area contributed by atoms with E-state index in [2.05, 4.69) is 36.3 Å². The minimum absolute atomic E-state index is 0.0373. The van der Waals surface area contributed by atoms with Crippen molar-refractivity contribution in [2.24, 2.45) is 0 Å². The molecule has 0 radical (unpaired) electrons. The smallest absolute Gasteiger partial charge is 0.226 e. The Kier molecular flexibility index (Phi) is 6.23. The topological polar surface area (TPSA) is 54.5 Å². The standard InChI is InChI=1S/C21H27N3O2/c1-16(2)17-5-7-19(8-6-17)26-13-9-21(25)24-12-11-23-15-20(24)18-4-3-10-22-14-18/h3-8,10,14,16,20,23H,9,11-13,15H2,1-2H3. The van der Waals surface area contributed by atoms with Gasteiger partial charge in [-0.3, -0.25) is 9.78 Å². The SMILES string of the molecule is CC(C)c1ccc(OCCC(=O)N2CCNCC2c2cccnc2)cc1. The molecule has 5 heteroatoms. The molecule has 26 heavy (non-hydrogen) atoms. The molecular formula is C21H27N3O2. The summed E-state index contributed by atoms with van der Waals surface area (Å²) in [7, 11) is 0. The van der Waals surface area contributed by atoms with Crippen molar-refractivity contribution < 1.29 is 9.53 Å². The van der Waals surface area contributed by atoms with E-state index in [0.717, 1.165) is 24.4 Å². The Morgan fingerprint density at radius 2 is 2.12 bits per heavy atom. The van der Waals surface area contributed by atoms with E-state index in [0.29, 0.717) is 25.5 Å². The molecule has 1 aromatic heterocycles. The predicted octanol–water partition coefficient (Wildman–Crippen LogP) is 3.15. The summed E-state index contributed by atoms with van der Waals surface area (Å²) < 4.78 is 5.77. The van der Waals surface area contributed by atoms with Gasteiger partial charge in [-0.25, -0.2) is 0 Å². The number of hydrogen-bond donors (Lipinski definition) is 1. The summed E-state index contributed by atoms with van der Waals surface area (Å²) in [6.45, 7) is 7.02. The van der Waals surface area contributed by atoms with Crippen molar-refractivity contribution in [1.82, 2.24) is 15.2 Å². The molecule has 1 fully saturated rings. The minimum Gasteiger partial charge on any atom is -0.493 e. The van der Waals surface area contributed by atoms with Gasteiger partial charge < -0.3 is 15.0 Å². The maximum atomic E-state index is 12.7. The summed E-state index contributed by atoms with van der Waals surface area (Å²) >= 11 is 0. The Balaban J connectivity index is 1.54. The summed E-state index contributed by atoms with van der Waals surface area (Å²) in [6, 6.07) is 12.1. The number of hydrogen-bond acceptors (Lipinski definition) is 4. The highest BCUT2D eigenvalue weighted by Gasteiger charge is 2.27. The molecule has 2 heterocycles. The lowest BCUT2D eigenvalue weighted by Crippen LogP contribution is -2.49. The molecule has 1 aliphatic heterocycles. The Hall–Kier alpha value is -2.40. The molecule has 138 valence electrons. The van der Waals surface area contributed by atoms with Gasteiger partial charge in [-0.2, -0.15) is 0 Å². The lowest BCUT2D eigenvalue weighted by Gasteiger charge is -2.36. The number of amides is 1. The molecule has 0 saturated carbocycles. The van der Waals surface area contributed by atoms with Crippen LogP contribution >= 0.6 is 0 Å². The Morgan fingerprint density at radius 3 is 2.81 bits per heavy atom. The van der Waals surface area contributed by atoms with Crippen LogP contribution in [0.1, 0.15) is 43.4 Å². The monoisotopic (exact) mass is 353 g/mol. The fourth-order valence-electron chi connectivity index (χ4n) is 3.22. The van der Waals surface area contributed by atoms with Crippen molar-refractivity contribution in [3.8, 4) is 5.75 Å². The molecule has 3 rings (SSSR count). The zero-order chi connectivity index (χ0) is 18.4. The molecule has 1 aromatic carbocycles. The van der Waals surface area contributed by atoms with Crippen LogP contribution in [0.2, 0.25) is 0 Å². The predicted molar refractivity (Wildman–Crippen MR) is 102 cm³/mol. The normalized spacial score (nSPS) is 17.3. The van der Waals surface area contributed by atoms with E-state index in [-0.39, 0.29) is 11.9 Å². The van der Waals surface area contributed by atoms with Crippen molar-refractivity contribution in [1.29, 1.82) is 0 Å². The number of rotatable bonds is 6. The number of piperazine rings is 1. The molecule has 1 atom stereocenters. The van der Waals surface area contributed by atoms with Crippen LogP contribution in [0.25, 0.3) is 0 Å². The molecule has 1 N–H and O–H groups in total. The first kappa shape index (κ1) is 18.4. The molecular weight excluding hydrogens is 326 g/mol. The second kappa shape index (κ2) is 8.81. The highest BCUT2D eigenvalue weighted by molar-refractivity contribution is 5.77. The summed E-state index contributed by atoms with van der Waals surface area (Å²) in [6.07, 6.45) is 3.97. The number of nitrogens with one attached hydrogen (secondary N) is 1. The van der Waals surface area contributed by atoms with Gasteiger partial charge in [0.1, 0.15) is 5.75 Å². The van der Waals surface area contributed by atoms with E-state index < -0.39 is 0 Å². The maximum Gasteiger partial charge on any atom is 0.226 e. The van der Waals surface area contributed by atoms with Crippen molar-refractivity contribution in [3.63, 3.8) is 0 Å². The quantitative estimate of drug-likeness (QED) is 0.867. The molecule has 1 aliphatic rings. The van der Waals surface area contributed by atoms with Crippen molar-refractivity contribution in [2.75, 3.05) is 26.2 Å². The first-order valence-electron chi connectivity index (χ1n) is 9.28. The summed E-state index contributed by atoms with van der Waals surface area (Å²) in [4.78, 5) is 18.8. The van der Waals surface area contributed by atoms with Crippen LogP contribution in [0, 0.1) is 0 Å². The molecule has 1 saturated heterocycles. The molecule has 5 nitrogen and oxygen atoms in total. The van der Waals surface area contributed by atoms with Gasteiger partial charge in [0.2, 0.25) is 5.91 Å². The lowest BCUT2D eigenvalue weighted by molar-refractivity contribution is -0.135. The van der Waals surface area contributed by atoms with E-state index in [1.165, 1.54) is 5.56 Å². The van der Waals surface area contributed by atoms with Crippen molar-refractivity contribution >= 4 is 5.91 Å². The van der Waals surface area contributed by atoms with Gasteiger partial charge in [-0.15, -0.1) is 0 Å². The third-order valence-electron chi connectivity index (χ3n) is 4.76. The largest absolute Gasteiger partial charge is 0.493 e. The maximum absolute atomic E-state index is 12.7. The van der Waals surface area contributed by atoms with E-state index in [1.807, 2.05) is 35.4 Å². The van der Waals surface area contributed by atoms with Crippen LogP contribution in [-0.2, 0) is 4.79 Å². The second-order valence-electron chi connectivity index (χ2n) is 6.92. The van der Waals surface area contributed by atoms with Gasteiger partial charge >= 0.3 is 0 Å². The number of pyridine rings is 1. The van der Waals surface area contributed by atoms with Gasteiger partial charge in [0.15, 0.2) is 0 Å². The Labute approximate surface area is 155 Å².